The van der Waals surface area contributed by atoms with E-state index in [4.69, 9.17) is 8.84 Å². The molecule has 2 amide bonds. The number of benzene rings is 2. The second-order valence-corrected chi connectivity index (χ2v) is 18.4. The average Bonchev–Trinajstić information content (AvgIpc) is 3.64. The van der Waals surface area contributed by atoms with E-state index in [9.17, 15) is 24.9 Å². The van der Waals surface area contributed by atoms with E-state index in [0.717, 1.165) is 27.9 Å². The summed E-state index contributed by atoms with van der Waals surface area (Å²) >= 11 is 0. The van der Waals surface area contributed by atoms with Gasteiger partial charge < -0.3 is 24.2 Å². The molecule has 0 radical (unpaired) electrons. The summed E-state index contributed by atoms with van der Waals surface area (Å²) < 4.78 is 13.0. The van der Waals surface area contributed by atoms with Crippen LogP contribution in [0.4, 0.5) is 0 Å². The molecule has 48 heavy (non-hydrogen) atoms. The number of amides is 2. The lowest BCUT2D eigenvalue weighted by atomic mass is 9.68. The van der Waals surface area contributed by atoms with E-state index >= 15 is 0 Å². The van der Waals surface area contributed by atoms with Crippen LogP contribution in [0.1, 0.15) is 64.9 Å². The van der Waals surface area contributed by atoms with Crippen molar-refractivity contribution in [3.8, 4) is 0 Å². The number of furan rings is 1. The number of allylic oxidation sites excluding steroid dienone is 1. The summed E-state index contributed by atoms with van der Waals surface area (Å²) in [7, 11) is -1.47. The largest absolute Gasteiger partial charge is 0.459 e. The van der Waals surface area contributed by atoms with Crippen molar-refractivity contribution in [2.45, 2.75) is 71.1 Å². The van der Waals surface area contributed by atoms with Gasteiger partial charge in [-0.1, -0.05) is 93.9 Å². The molecule has 256 valence electrons. The van der Waals surface area contributed by atoms with Crippen molar-refractivity contribution in [3.63, 3.8) is 0 Å². The summed E-state index contributed by atoms with van der Waals surface area (Å²) in [5.41, 5.74) is 2.46. The summed E-state index contributed by atoms with van der Waals surface area (Å²) in [6.07, 6.45) is 2.90. The minimum Gasteiger partial charge on any atom is -0.459 e. The van der Waals surface area contributed by atoms with Crippen molar-refractivity contribution in [1.82, 2.24) is 4.90 Å². The van der Waals surface area contributed by atoms with E-state index < -0.39 is 32.2 Å². The van der Waals surface area contributed by atoms with Crippen LogP contribution < -0.4 is 10.4 Å². The first-order valence-corrected chi connectivity index (χ1v) is 18.8. The van der Waals surface area contributed by atoms with Crippen LogP contribution in [0.5, 0.6) is 0 Å². The topological polar surface area (TPSA) is 120 Å². The van der Waals surface area contributed by atoms with Gasteiger partial charge in [-0.15, -0.1) is 0 Å². The van der Waals surface area contributed by atoms with Gasteiger partial charge >= 0.3 is 0 Å². The second kappa shape index (κ2) is 14.9. The molecule has 3 N–H and O–H groups in total. The normalized spacial score (nSPS) is 21.2. The van der Waals surface area contributed by atoms with Crippen LogP contribution in [0, 0.1) is 17.8 Å². The molecule has 9 heteroatoms. The number of likely N-dealkylation sites (tertiary alicyclic amines) is 1. The van der Waals surface area contributed by atoms with Gasteiger partial charge in [0.25, 0.3) is 8.32 Å². The van der Waals surface area contributed by atoms with Gasteiger partial charge in [0.15, 0.2) is 0 Å². The van der Waals surface area contributed by atoms with Crippen molar-refractivity contribution >= 4 is 36.6 Å². The lowest BCUT2D eigenvalue weighted by Crippen LogP contribution is -2.66. The van der Waals surface area contributed by atoms with Crippen molar-refractivity contribution in [2.75, 3.05) is 20.3 Å². The molecule has 2 aromatic carbocycles. The third-order valence-electron chi connectivity index (χ3n) is 10.2. The first-order valence-electron chi connectivity index (χ1n) is 16.9. The van der Waals surface area contributed by atoms with Gasteiger partial charge in [0.05, 0.1) is 31.2 Å². The number of carbonyl (C=O) groups is 2. The maximum Gasteiger partial charge on any atom is 0.261 e. The molecule has 1 saturated heterocycles. The molecule has 2 aliphatic rings. The standard InChI is InChI=1S/C39H49NO7Si/c1-6-26(21-28-18-19-29(23-41)47-28)17-20-34(43)35-27(22-32-36(33(35)24-42)38(45)40(5)37(32)44)25-46-48(39(2,3)4,30-13-9-7-10-14-30)31-15-11-8-12-16-31/h7-16,18-19,21,32-34,36,41-43H,6,17,20,22-25H2,1-5H3/b26-21+/t32-,33+,34-,36-/m1/s1. The lowest BCUT2D eigenvalue weighted by Gasteiger charge is -2.44. The Hall–Kier alpha value is -3.60. The third-order valence-corrected chi connectivity index (χ3v) is 15.2. The fraction of sp³-hybridized carbons (Fsp3) is 0.436. The molecule has 1 aliphatic heterocycles. The third kappa shape index (κ3) is 6.80. The van der Waals surface area contributed by atoms with Crippen molar-refractivity contribution in [3.05, 3.63) is 101 Å². The summed E-state index contributed by atoms with van der Waals surface area (Å²) in [6, 6.07) is 24.1. The van der Waals surface area contributed by atoms with Crippen LogP contribution in [0.2, 0.25) is 5.04 Å². The fourth-order valence-corrected chi connectivity index (χ4v) is 12.3. The summed E-state index contributed by atoms with van der Waals surface area (Å²) in [5, 5.41) is 34.1. The van der Waals surface area contributed by atoms with Gasteiger partial charge in [-0.3, -0.25) is 14.5 Å². The van der Waals surface area contributed by atoms with Gasteiger partial charge in [-0.25, -0.2) is 0 Å². The molecule has 0 bridgehead atoms. The maximum absolute atomic E-state index is 13.4. The van der Waals surface area contributed by atoms with E-state index in [0.29, 0.717) is 29.9 Å². The highest BCUT2D eigenvalue weighted by atomic mass is 28.4. The summed E-state index contributed by atoms with van der Waals surface area (Å²) in [5.74, 6) is -1.49. The van der Waals surface area contributed by atoms with Crippen LogP contribution in [-0.4, -0.2) is 66.7 Å². The Balaban J connectivity index is 1.55. The van der Waals surface area contributed by atoms with Crippen LogP contribution in [0.25, 0.3) is 6.08 Å². The zero-order chi connectivity index (χ0) is 34.6. The molecule has 0 unspecified atom stereocenters. The number of hydrogen-bond acceptors (Lipinski definition) is 7. The Bertz CT molecular complexity index is 1600. The Kier molecular flexibility index (Phi) is 11.1. The second-order valence-electron chi connectivity index (χ2n) is 14.0. The van der Waals surface area contributed by atoms with Gasteiger partial charge in [-0.2, -0.15) is 0 Å². The van der Waals surface area contributed by atoms with E-state index in [2.05, 4.69) is 45.0 Å². The maximum atomic E-state index is 13.4. The van der Waals surface area contributed by atoms with Crippen molar-refractivity contribution < 1.29 is 33.8 Å². The molecule has 1 fully saturated rings. The number of rotatable bonds is 13. The average molecular weight is 672 g/mol. The smallest absolute Gasteiger partial charge is 0.261 e. The summed E-state index contributed by atoms with van der Waals surface area (Å²) in [6.45, 7) is 8.26. The molecule has 1 aliphatic carbocycles. The number of aliphatic hydroxyl groups is 3. The predicted octanol–water partition coefficient (Wildman–Crippen LogP) is 4.82. The Morgan fingerprint density at radius 1 is 1.00 bits per heavy atom. The molecule has 8 nitrogen and oxygen atoms in total. The zero-order valence-electron chi connectivity index (χ0n) is 28.7. The Labute approximate surface area is 284 Å². The van der Waals surface area contributed by atoms with Crippen molar-refractivity contribution in [1.29, 1.82) is 0 Å². The zero-order valence-corrected chi connectivity index (χ0v) is 29.7. The van der Waals surface area contributed by atoms with E-state index in [1.54, 1.807) is 6.07 Å². The van der Waals surface area contributed by atoms with Crippen LogP contribution in [0.15, 0.2) is 93.9 Å². The molecule has 1 aromatic heterocycles. The Morgan fingerprint density at radius 2 is 1.62 bits per heavy atom. The van der Waals surface area contributed by atoms with Gasteiger partial charge in [0, 0.05) is 13.0 Å². The highest BCUT2D eigenvalue weighted by Gasteiger charge is 2.55. The first kappa shape index (κ1) is 35.7. The van der Waals surface area contributed by atoms with E-state index in [1.807, 2.05) is 55.5 Å². The van der Waals surface area contributed by atoms with Crippen LogP contribution >= 0.6 is 0 Å². The number of aliphatic hydroxyl groups excluding tert-OH is 3. The Morgan fingerprint density at radius 3 is 2.15 bits per heavy atom. The lowest BCUT2D eigenvalue weighted by molar-refractivity contribution is -0.138. The van der Waals surface area contributed by atoms with Crippen LogP contribution in [-0.2, 0) is 20.6 Å². The highest BCUT2D eigenvalue weighted by molar-refractivity contribution is 6.99. The SMILES string of the molecule is CC/C(=C\c1ccc(CO)o1)CC[C@@H](O)C1=C(CO[Si](c2ccccc2)(c2ccccc2)C(C)(C)C)C[C@H]2C(=O)N(C)C(=O)[C@H]2[C@H]1CO. The molecule has 0 spiro atoms. The molecule has 2 heterocycles. The number of hydrogen-bond donors (Lipinski definition) is 3. The number of fused-ring (bicyclic) bond motifs is 1. The van der Waals surface area contributed by atoms with Crippen molar-refractivity contribution in [2.24, 2.45) is 17.8 Å². The summed E-state index contributed by atoms with van der Waals surface area (Å²) in [4.78, 5) is 27.9. The molecule has 3 aromatic rings. The molecule has 4 atom stereocenters. The first-order chi connectivity index (χ1) is 23.0. The minimum absolute atomic E-state index is 0.164. The molecule has 5 rings (SSSR count). The van der Waals surface area contributed by atoms with E-state index in [-0.39, 0.29) is 43.1 Å². The van der Waals surface area contributed by atoms with Gasteiger partial charge in [-0.05, 0) is 70.4 Å². The van der Waals surface area contributed by atoms with Gasteiger partial charge in [0.1, 0.15) is 18.1 Å². The number of carbonyl (C=O) groups excluding carboxylic acids is 2. The van der Waals surface area contributed by atoms with Gasteiger partial charge in [0.2, 0.25) is 11.8 Å². The molecular weight excluding hydrogens is 623 g/mol. The quantitative estimate of drug-likeness (QED) is 0.135. The minimum atomic E-state index is -2.97. The number of nitrogens with zero attached hydrogens (tertiary/aromatic N) is 1. The van der Waals surface area contributed by atoms with E-state index in [1.165, 1.54) is 11.9 Å². The van der Waals surface area contributed by atoms with Crippen LogP contribution in [0.3, 0.4) is 0 Å². The fourth-order valence-electron chi connectivity index (χ4n) is 7.79. The molecule has 0 saturated carbocycles. The molecular formula is C39H49NO7Si. The highest BCUT2D eigenvalue weighted by Crippen LogP contribution is 2.47. The predicted molar refractivity (Wildman–Crippen MR) is 189 cm³/mol. The number of imide groups is 1. The monoisotopic (exact) mass is 671 g/mol.